The first kappa shape index (κ1) is 19.9. The molecule has 0 spiro atoms. The zero-order valence-corrected chi connectivity index (χ0v) is 18.6. The molecule has 4 rings (SSSR count). The van der Waals surface area contributed by atoms with Gasteiger partial charge in [-0.2, -0.15) is 0 Å². The van der Waals surface area contributed by atoms with E-state index in [1.807, 2.05) is 50.2 Å². The van der Waals surface area contributed by atoms with Gasteiger partial charge in [-0.3, -0.25) is 9.69 Å². The van der Waals surface area contributed by atoms with Crippen molar-refractivity contribution in [2.75, 3.05) is 25.1 Å². The maximum absolute atomic E-state index is 13.2. The van der Waals surface area contributed by atoms with Crippen molar-refractivity contribution in [2.24, 2.45) is 4.99 Å². The number of amides is 1. The van der Waals surface area contributed by atoms with Gasteiger partial charge in [0.25, 0.3) is 5.91 Å². The third kappa shape index (κ3) is 3.65. The Hall–Kier alpha value is -2.38. The van der Waals surface area contributed by atoms with Gasteiger partial charge in [0.15, 0.2) is 5.17 Å². The van der Waals surface area contributed by atoms with Crippen LogP contribution in [-0.2, 0) is 4.79 Å². The molecule has 1 saturated heterocycles. The topological polar surface area (TPSA) is 45.1 Å². The molecule has 5 nitrogen and oxygen atoms in total. The fourth-order valence-electron chi connectivity index (χ4n) is 3.38. The number of ether oxygens (including phenoxy) is 1. The van der Waals surface area contributed by atoms with Crippen LogP contribution < -0.4 is 9.64 Å². The van der Waals surface area contributed by atoms with Crippen molar-refractivity contribution >= 4 is 46.0 Å². The molecule has 0 aromatic heterocycles. The van der Waals surface area contributed by atoms with Gasteiger partial charge in [-0.05, 0) is 62.4 Å². The molecule has 2 heterocycles. The second-order valence-electron chi connectivity index (χ2n) is 6.70. The number of aliphatic imine (C=N–C) groups is 1. The Balaban J connectivity index is 1.74. The molecule has 0 aliphatic carbocycles. The van der Waals surface area contributed by atoms with E-state index in [9.17, 15) is 4.79 Å². The quantitative estimate of drug-likeness (QED) is 0.615. The second-order valence-corrected chi connectivity index (χ2v) is 8.71. The van der Waals surface area contributed by atoms with E-state index in [1.54, 1.807) is 23.8 Å². The van der Waals surface area contributed by atoms with Gasteiger partial charge in [0.1, 0.15) is 15.7 Å². The Bertz CT molecular complexity index is 1030. The maximum atomic E-state index is 13.2. The Morgan fingerprint density at radius 2 is 1.83 bits per heavy atom. The highest BCUT2D eigenvalue weighted by Crippen LogP contribution is 2.51. The molecule has 0 saturated carbocycles. The third-order valence-electron chi connectivity index (χ3n) is 4.83. The number of benzene rings is 2. The average molecular weight is 426 g/mol. The van der Waals surface area contributed by atoms with Gasteiger partial charge in [0, 0.05) is 24.1 Å². The first-order valence-corrected chi connectivity index (χ1v) is 11.2. The van der Waals surface area contributed by atoms with Gasteiger partial charge in [0.2, 0.25) is 0 Å². The average Bonchev–Trinajstić information content (AvgIpc) is 3.23. The van der Waals surface area contributed by atoms with Gasteiger partial charge >= 0.3 is 0 Å². The predicted octanol–water partition coefficient (Wildman–Crippen LogP) is 5.39. The molecule has 0 bridgehead atoms. The minimum absolute atomic E-state index is 0.0182. The van der Waals surface area contributed by atoms with Crippen LogP contribution in [0.3, 0.4) is 0 Å². The predicted molar refractivity (Wildman–Crippen MR) is 122 cm³/mol. The molecule has 0 unspecified atom stereocenters. The number of hydrogen-bond donors (Lipinski definition) is 0. The zero-order valence-electron chi connectivity index (χ0n) is 16.9. The number of likely N-dealkylation sites (N-methyl/N-ethyl adjacent to an activating group) is 1. The van der Waals surface area contributed by atoms with Crippen molar-refractivity contribution in [1.82, 2.24) is 4.90 Å². The third-order valence-corrected chi connectivity index (χ3v) is 7.20. The fourth-order valence-corrected chi connectivity index (χ4v) is 5.81. The van der Waals surface area contributed by atoms with Crippen LogP contribution in [0.15, 0.2) is 62.3 Å². The Labute approximate surface area is 179 Å². The maximum Gasteiger partial charge on any atom is 0.269 e. The first-order valence-electron chi connectivity index (χ1n) is 9.58. The molecule has 0 radical (unpaired) electrons. The summed E-state index contributed by atoms with van der Waals surface area (Å²) in [7, 11) is 1.67. The number of hydrogen-bond acceptors (Lipinski definition) is 6. The monoisotopic (exact) mass is 425 g/mol. The number of anilines is 1. The van der Waals surface area contributed by atoms with Gasteiger partial charge in [-0.15, -0.1) is 0 Å². The van der Waals surface area contributed by atoms with Gasteiger partial charge < -0.3 is 9.64 Å². The van der Waals surface area contributed by atoms with Crippen LogP contribution in [0.2, 0.25) is 0 Å². The molecule has 1 fully saturated rings. The van der Waals surface area contributed by atoms with Crippen LogP contribution >= 0.6 is 23.5 Å². The molecule has 2 aliphatic heterocycles. The van der Waals surface area contributed by atoms with E-state index in [-0.39, 0.29) is 5.91 Å². The van der Waals surface area contributed by atoms with E-state index in [4.69, 9.17) is 9.73 Å². The molecule has 0 atom stereocenters. The van der Waals surface area contributed by atoms with Crippen LogP contribution in [0.25, 0.3) is 0 Å². The number of thioether (sulfide) groups is 2. The number of methoxy groups -OCH3 is 1. The summed E-state index contributed by atoms with van der Waals surface area (Å²) in [6, 6.07) is 14.1. The molecule has 2 aromatic carbocycles. The van der Waals surface area contributed by atoms with E-state index in [0.717, 1.165) is 49.2 Å². The summed E-state index contributed by atoms with van der Waals surface area (Å²) in [6.45, 7) is 7.48. The highest BCUT2D eigenvalue weighted by molar-refractivity contribution is 8.19. The smallest absolute Gasteiger partial charge is 0.269 e. The highest BCUT2D eigenvalue weighted by atomic mass is 32.2. The van der Waals surface area contributed by atoms with Crippen molar-refractivity contribution in [3.05, 3.63) is 58.0 Å². The van der Waals surface area contributed by atoms with Crippen molar-refractivity contribution in [3.8, 4) is 5.75 Å². The number of rotatable bonds is 4. The van der Waals surface area contributed by atoms with Crippen LogP contribution in [0.4, 0.5) is 11.4 Å². The summed E-state index contributed by atoms with van der Waals surface area (Å²) >= 11 is 3.10. The fraction of sp³-hybridized carbons (Fsp3) is 0.273. The van der Waals surface area contributed by atoms with Crippen molar-refractivity contribution in [2.45, 2.75) is 25.7 Å². The minimum Gasteiger partial charge on any atom is -0.497 e. The Morgan fingerprint density at radius 1 is 1.03 bits per heavy atom. The van der Waals surface area contributed by atoms with Gasteiger partial charge in [0.05, 0.1) is 18.5 Å². The van der Waals surface area contributed by atoms with Crippen molar-refractivity contribution < 1.29 is 9.53 Å². The van der Waals surface area contributed by atoms with Crippen LogP contribution in [0.1, 0.15) is 19.4 Å². The van der Waals surface area contributed by atoms with Crippen molar-refractivity contribution in [3.63, 3.8) is 0 Å². The molecular formula is C22H23N3O2S2. The first-order chi connectivity index (χ1) is 14.0. The van der Waals surface area contributed by atoms with Crippen LogP contribution in [-0.4, -0.2) is 36.2 Å². The molecular weight excluding hydrogens is 402 g/mol. The molecule has 7 heteroatoms. The molecule has 2 aromatic rings. The van der Waals surface area contributed by atoms with E-state index >= 15 is 0 Å². The summed E-state index contributed by atoms with van der Waals surface area (Å²) in [4.78, 5) is 23.8. The molecule has 1 amide bonds. The lowest BCUT2D eigenvalue weighted by atomic mass is 10.2. The standard InChI is InChI=1S/C22H23N3O2S2/c1-5-24-17-13-16(27-4)10-11-18(17)28-21(24)19-20(26)25(6-2)22(29-19)23-15-9-7-8-14(3)12-15/h7-13H,5-6H2,1-4H3/b21-19+,23-22?. The number of fused-ring (bicyclic) bond motifs is 1. The largest absolute Gasteiger partial charge is 0.497 e. The number of amidine groups is 1. The lowest BCUT2D eigenvalue weighted by molar-refractivity contribution is -0.122. The van der Waals surface area contributed by atoms with E-state index in [2.05, 4.69) is 17.9 Å². The van der Waals surface area contributed by atoms with E-state index in [1.165, 1.54) is 11.8 Å². The van der Waals surface area contributed by atoms with E-state index < -0.39 is 0 Å². The molecule has 2 aliphatic rings. The second kappa shape index (κ2) is 8.16. The minimum atomic E-state index is 0.0182. The summed E-state index contributed by atoms with van der Waals surface area (Å²) in [5.41, 5.74) is 3.10. The lowest BCUT2D eigenvalue weighted by Crippen LogP contribution is -2.29. The number of nitrogens with zero attached hydrogens (tertiary/aromatic N) is 3. The summed E-state index contributed by atoms with van der Waals surface area (Å²) in [5.74, 6) is 0.834. The van der Waals surface area contributed by atoms with Crippen LogP contribution in [0, 0.1) is 6.92 Å². The molecule has 0 N–H and O–H groups in total. The normalized spacial score (nSPS) is 20.0. The Morgan fingerprint density at radius 3 is 2.52 bits per heavy atom. The lowest BCUT2D eigenvalue weighted by Gasteiger charge is -2.19. The summed E-state index contributed by atoms with van der Waals surface area (Å²) in [6.07, 6.45) is 0. The zero-order chi connectivity index (χ0) is 20.5. The van der Waals surface area contributed by atoms with Gasteiger partial charge in [-0.1, -0.05) is 23.9 Å². The summed E-state index contributed by atoms with van der Waals surface area (Å²) in [5, 5.41) is 1.70. The number of aryl methyl sites for hydroxylation is 1. The van der Waals surface area contributed by atoms with Crippen LogP contribution in [0.5, 0.6) is 5.75 Å². The van der Waals surface area contributed by atoms with Crippen molar-refractivity contribution in [1.29, 1.82) is 0 Å². The highest BCUT2D eigenvalue weighted by Gasteiger charge is 2.39. The van der Waals surface area contributed by atoms with E-state index in [0.29, 0.717) is 6.54 Å². The number of carbonyl (C=O) groups excluding carboxylic acids is 1. The molecule has 150 valence electrons. The number of carbonyl (C=O) groups is 1. The summed E-state index contributed by atoms with van der Waals surface area (Å²) < 4.78 is 5.39. The Kier molecular flexibility index (Phi) is 5.61. The van der Waals surface area contributed by atoms with Gasteiger partial charge in [-0.25, -0.2) is 4.99 Å². The SMILES string of the molecule is CCN1C(=O)/C(=C2\Sc3ccc(OC)cc3N2CC)SC1=Nc1cccc(C)c1. The molecule has 29 heavy (non-hydrogen) atoms.